The number of hydrogen-bond acceptors (Lipinski definition) is 4. The maximum atomic E-state index is 13.2. The van der Waals surface area contributed by atoms with Crippen LogP contribution in [0.4, 0.5) is 0 Å². The average Bonchev–Trinajstić information content (AvgIpc) is 3.29. The number of fused-ring (bicyclic) bond motifs is 3. The number of benzene rings is 1. The van der Waals surface area contributed by atoms with E-state index < -0.39 is 11.6 Å². The van der Waals surface area contributed by atoms with Crippen molar-refractivity contribution in [2.24, 2.45) is 0 Å². The molecule has 27 heavy (non-hydrogen) atoms. The van der Waals surface area contributed by atoms with Gasteiger partial charge in [0.15, 0.2) is 5.69 Å². The monoisotopic (exact) mass is 365 g/mol. The molecule has 1 saturated heterocycles. The first-order valence-corrected chi connectivity index (χ1v) is 9.26. The van der Waals surface area contributed by atoms with Crippen LogP contribution in [0.15, 0.2) is 36.7 Å². The Morgan fingerprint density at radius 3 is 2.52 bits per heavy atom. The number of nitrogens with zero attached hydrogens (tertiary/aromatic N) is 3. The van der Waals surface area contributed by atoms with E-state index in [0.717, 1.165) is 36.8 Å². The van der Waals surface area contributed by atoms with Crippen molar-refractivity contribution in [1.29, 1.82) is 0 Å². The van der Waals surface area contributed by atoms with Gasteiger partial charge in [-0.15, -0.1) is 0 Å². The average molecular weight is 365 g/mol. The highest BCUT2D eigenvalue weighted by Gasteiger charge is 2.28. The third kappa shape index (κ3) is 3.16. The SMILES string of the molecule is CC(C)(C)OC(=O)c1ncn2c1c(C(=O)N1CCCC1)cc1ccccc12. The van der Waals surface area contributed by atoms with Gasteiger partial charge in [0.1, 0.15) is 11.9 Å². The number of amides is 1. The number of imidazole rings is 1. The van der Waals surface area contributed by atoms with Gasteiger partial charge in [0.05, 0.1) is 16.6 Å². The molecule has 1 amide bonds. The van der Waals surface area contributed by atoms with Gasteiger partial charge < -0.3 is 9.64 Å². The van der Waals surface area contributed by atoms with Crippen molar-refractivity contribution in [3.05, 3.63) is 47.9 Å². The quantitative estimate of drug-likeness (QED) is 0.650. The lowest BCUT2D eigenvalue weighted by molar-refractivity contribution is 0.00658. The van der Waals surface area contributed by atoms with Crippen LogP contribution in [-0.4, -0.2) is 44.9 Å². The number of carbonyl (C=O) groups excluding carboxylic acids is 2. The molecule has 4 rings (SSSR count). The van der Waals surface area contributed by atoms with Crippen molar-refractivity contribution < 1.29 is 14.3 Å². The van der Waals surface area contributed by atoms with E-state index in [4.69, 9.17) is 4.74 Å². The lowest BCUT2D eigenvalue weighted by atomic mass is 10.1. The summed E-state index contributed by atoms with van der Waals surface area (Å²) in [7, 11) is 0. The molecule has 1 aliphatic heterocycles. The summed E-state index contributed by atoms with van der Waals surface area (Å²) in [5.74, 6) is -0.579. The first-order valence-electron chi connectivity index (χ1n) is 9.26. The van der Waals surface area contributed by atoms with Gasteiger partial charge in [-0.2, -0.15) is 0 Å². The maximum absolute atomic E-state index is 13.2. The molecule has 2 aromatic heterocycles. The predicted octanol–water partition coefficient (Wildman–Crippen LogP) is 3.68. The summed E-state index contributed by atoms with van der Waals surface area (Å²) < 4.78 is 7.34. The van der Waals surface area contributed by atoms with E-state index in [0.29, 0.717) is 11.1 Å². The van der Waals surface area contributed by atoms with Crippen molar-refractivity contribution in [1.82, 2.24) is 14.3 Å². The Labute approximate surface area is 157 Å². The molecule has 1 fully saturated rings. The third-order valence-corrected chi connectivity index (χ3v) is 4.73. The Kier molecular flexibility index (Phi) is 4.13. The first kappa shape index (κ1) is 17.5. The second kappa shape index (κ2) is 6.37. The minimum atomic E-state index is -0.636. The second-order valence-corrected chi connectivity index (χ2v) is 7.93. The summed E-state index contributed by atoms with van der Waals surface area (Å²) in [6.07, 6.45) is 3.61. The van der Waals surface area contributed by atoms with Crippen LogP contribution in [0.25, 0.3) is 16.4 Å². The van der Waals surface area contributed by atoms with Gasteiger partial charge in [-0.25, -0.2) is 9.78 Å². The smallest absolute Gasteiger partial charge is 0.359 e. The van der Waals surface area contributed by atoms with Crippen LogP contribution < -0.4 is 0 Å². The number of hydrogen-bond donors (Lipinski definition) is 0. The van der Waals surface area contributed by atoms with Gasteiger partial charge >= 0.3 is 5.97 Å². The van der Waals surface area contributed by atoms with Gasteiger partial charge in [-0.1, -0.05) is 18.2 Å². The van der Waals surface area contributed by atoms with Crippen molar-refractivity contribution in [3.8, 4) is 0 Å². The minimum absolute atomic E-state index is 0.0615. The molecule has 0 atom stereocenters. The molecular formula is C21H23N3O3. The summed E-state index contributed by atoms with van der Waals surface area (Å²) in [6, 6.07) is 9.64. The number of pyridine rings is 1. The topological polar surface area (TPSA) is 63.9 Å². The summed E-state index contributed by atoms with van der Waals surface area (Å²) in [6.45, 7) is 6.93. The Balaban J connectivity index is 1.94. The van der Waals surface area contributed by atoms with E-state index in [-0.39, 0.29) is 11.6 Å². The number of aromatic nitrogens is 2. The van der Waals surface area contributed by atoms with Crippen LogP contribution in [0.2, 0.25) is 0 Å². The molecule has 1 aliphatic rings. The zero-order valence-corrected chi connectivity index (χ0v) is 15.9. The lowest BCUT2D eigenvalue weighted by Crippen LogP contribution is -2.29. The number of para-hydroxylation sites is 1. The summed E-state index contributed by atoms with van der Waals surface area (Å²) in [4.78, 5) is 32.1. The van der Waals surface area contributed by atoms with E-state index in [1.54, 1.807) is 6.33 Å². The van der Waals surface area contributed by atoms with E-state index in [1.165, 1.54) is 0 Å². The van der Waals surface area contributed by atoms with Gasteiger partial charge in [-0.3, -0.25) is 9.20 Å². The zero-order valence-electron chi connectivity index (χ0n) is 15.9. The predicted molar refractivity (Wildman–Crippen MR) is 103 cm³/mol. The maximum Gasteiger partial charge on any atom is 0.359 e. The molecule has 3 heterocycles. The Bertz CT molecular complexity index is 1040. The summed E-state index contributed by atoms with van der Waals surface area (Å²) in [5.41, 5.74) is 1.45. The molecule has 6 heteroatoms. The Morgan fingerprint density at radius 1 is 1.11 bits per heavy atom. The van der Waals surface area contributed by atoms with Crippen molar-refractivity contribution in [2.75, 3.05) is 13.1 Å². The first-order chi connectivity index (χ1) is 12.8. The van der Waals surface area contributed by atoms with Crippen molar-refractivity contribution >= 4 is 28.3 Å². The van der Waals surface area contributed by atoms with Crippen LogP contribution in [0.3, 0.4) is 0 Å². The lowest BCUT2D eigenvalue weighted by Gasteiger charge is -2.20. The fourth-order valence-electron chi connectivity index (χ4n) is 3.57. The highest BCUT2D eigenvalue weighted by molar-refractivity contribution is 6.09. The van der Waals surface area contributed by atoms with Gasteiger partial charge in [0.25, 0.3) is 5.91 Å². The number of esters is 1. The highest BCUT2D eigenvalue weighted by Crippen LogP contribution is 2.27. The van der Waals surface area contributed by atoms with E-state index >= 15 is 0 Å². The number of likely N-dealkylation sites (tertiary alicyclic amines) is 1. The summed E-state index contributed by atoms with van der Waals surface area (Å²) in [5, 5.41) is 0.931. The van der Waals surface area contributed by atoms with E-state index in [1.807, 2.05) is 60.4 Å². The number of ether oxygens (including phenoxy) is 1. The molecular weight excluding hydrogens is 342 g/mol. The van der Waals surface area contributed by atoms with Gasteiger partial charge in [-0.05, 0) is 51.1 Å². The highest BCUT2D eigenvalue weighted by atomic mass is 16.6. The van der Waals surface area contributed by atoms with Crippen LogP contribution in [0.1, 0.15) is 54.5 Å². The van der Waals surface area contributed by atoms with Crippen LogP contribution in [-0.2, 0) is 4.74 Å². The Hall–Kier alpha value is -2.89. The van der Waals surface area contributed by atoms with E-state index in [2.05, 4.69) is 4.98 Å². The zero-order chi connectivity index (χ0) is 19.2. The van der Waals surface area contributed by atoms with Crippen molar-refractivity contribution in [2.45, 2.75) is 39.2 Å². The molecule has 0 N–H and O–H groups in total. The molecule has 0 saturated carbocycles. The molecule has 0 spiro atoms. The van der Waals surface area contributed by atoms with Crippen LogP contribution >= 0.6 is 0 Å². The number of carbonyl (C=O) groups is 2. The largest absolute Gasteiger partial charge is 0.455 e. The molecule has 3 aromatic rings. The van der Waals surface area contributed by atoms with Crippen LogP contribution in [0.5, 0.6) is 0 Å². The summed E-state index contributed by atoms with van der Waals surface area (Å²) >= 11 is 0. The van der Waals surface area contributed by atoms with Gasteiger partial charge in [0.2, 0.25) is 0 Å². The van der Waals surface area contributed by atoms with Crippen molar-refractivity contribution in [3.63, 3.8) is 0 Å². The molecule has 140 valence electrons. The molecule has 0 aliphatic carbocycles. The minimum Gasteiger partial charge on any atom is -0.455 e. The molecule has 6 nitrogen and oxygen atoms in total. The number of rotatable bonds is 2. The molecule has 0 radical (unpaired) electrons. The van der Waals surface area contributed by atoms with E-state index in [9.17, 15) is 9.59 Å². The van der Waals surface area contributed by atoms with Crippen LogP contribution in [0, 0.1) is 0 Å². The molecule has 1 aromatic carbocycles. The third-order valence-electron chi connectivity index (χ3n) is 4.73. The molecule has 0 bridgehead atoms. The molecule has 0 unspecified atom stereocenters. The Morgan fingerprint density at radius 2 is 1.81 bits per heavy atom. The second-order valence-electron chi connectivity index (χ2n) is 7.93. The van der Waals surface area contributed by atoms with Gasteiger partial charge in [0, 0.05) is 13.1 Å². The normalized spacial score (nSPS) is 14.9. The fraction of sp³-hybridized carbons (Fsp3) is 0.381. The fourth-order valence-corrected chi connectivity index (χ4v) is 3.57. The standard InChI is InChI=1S/C21H23N3O3/c1-21(2,3)27-20(26)17-18-15(19(25)23-10-6-7-11-23)12-14-8-4-5-9-16(14)24(18)13-22-17/h4-5,8-9,12-13H,6-7,10-11H2,1-3H3.